The van der Waals surface area contributed by atoms with Gasteiger partial charge in [0.25, 0.3) is 0 Å². The SMILES string of the molecule is CCC(C)(C(=O)Nc1ccc(OC)cc1)N(Cc1cccnc1)C(=O)Cc1ccccc1. The molecule has 1 aromatic heterocycles. The van der Waals surface area contributed by atoms with Crippen LogP contribution in [0.3, 0.4) is 0 Å². The molecule has 1 unspecified atom stereocenters. The number of nitrogens with zero attached hydrogens (tertiary/aromatic N) is 2. The lowest BCUT2D eigenvalue weighted by molar-refractivity contribution is -0.145. The molecule has 2 aromatic carbocycles. The van der Waals surface area contributed by atoms with Gasteiger partial charge in [-0.2, -0.15) is 0 Å². The van der Waals surface area contributed by atoms with E-state index in [0.29, 0.717) is 24.4 Å². The van der Waals surface area contributed by atoms with Crippen molar-refractivity contribution in [3.63, 3.8) is 0 Å². The van der Waals surface area contributed by atoms with Crippen LogP contribution in [0.1, 0.15) is 31.4 Å². The van der Waals surface area contributed by atoms with Crippen molar-refractivity contribution in [2.75, 3.05) is 12.4 Å². The zero-order valence-electron chi connectivity index (χ0n) is 18.7. The maximum Gasteiger partial charge on any atom is 0.250 e. The molecule has 1 atom stereocenters. The van der Waals surface area contributed by atoms with Gasteiger partial charge in [-0.25, -0.2) is 0 Å². The standard InChI is InChI=1S/C26H29N3O3/c1-4-26(2,25(31)28-22-12-14-23(32-3)15-13-22)29(19-21-11-8-16-27-18-21)24(30)17-20-9-6-5-7-10-20/h5-16,18H,4,17,19H2,1-3H3,(H,28,31). The Labute approximate surface area is 189 Å². The van der Waals surface area contributed by atoms with Crippen LogP contribution in [0.2, 0.25) is 0 Å². The fraction of sp³-hybridized carbons (Fsp3) is 0.269. The van der Waals surface area contributed by atoms with E-state index >= 15 is 0 Å². The molecule has 3 aromatic rings. The topological polar surface area (TPSA) is 71.5 Å². The van der Waals surface area contributed by atoms with Crippen LogP contribution in [0, 0.1) is 0 Å². The third kappa shape index (κ3) is 5.52. The van der Waals surface area contributed by atoms with Gasteiger partial charge >= 0.3 is 0 Å². The Morgan fingerprint density at radius 2 is 1.69 bits per heavy atom. The van der Waals surface area contributed by atoms with Crippen molar-refractivity contribution < 1.29 is 14.3 Å². The number of carbonyl (C=O) groups excluding carboxylic acids is 2. The zero-order valence-corrected chi connectivity index (χ0v) is 18.7. The van der Waals surface area contributed by atoms with Crippen molar-refractivity contribution in [3.8, 4) is 5.75 Å². The van der Waals surface area contributed by atoms with E-state index in [4.69, 9.17) is 4.74 Å². The Morgan fingerprint density at radius 3 is 2.28 bits per heavy atom. The summed E-state index contributed by atoms with van der Waals surface area (Å²) in [5.74, 6) is 0.349. The minimum atomic E-state index is -1.05. The van der Waals surface area contributed by atoms with Gasteiger partial charge in [-0.05, 0) is 54.8 Å². The monoisotopic (exact) mass is 431 g/mol. The number of rotatable bonds is 9. The van der Waals surface area contributed by atoms with Crippen LogP contribution < -0.4 is 10.1 Å². The first-order valence-electron chi connectivity index (χ1n) is 10.6. The van der Waals surface area contributed by atoms with Crippen LogP contribution >= 0.6 is 0 Å². The predicted octanol–water partition coefficient (Wildman–Crippen LogP) is 4.47. The molecule has 3 rings (SSSR count). The molecule has 0 saturated heterocycles. The Hall–Kier alpha value is -3.67. The summed E-state index contributed by atoms with van der Waals surface area (Å²) in [4.78, 5) is 32.8. The summed E-state index contributed by atoms with van der Waals surface area (Å²) < 4.78 is 5.18. The molecule has 0 spiro atoms. The highest BCUT2D eigenvalue weighted by atomic mass is 16.5. The maximum absolute atomic E-state index is 13.5. The Bertz CT molecular complexity index is 1020. The number of ether oxygens (including phenoxy) is 1. The second kappa shape index (κ2) is 10.6. The number of carbonyl (C=O) groups is 2. The zero-order chi connectivity index (χ0) is 23.0. The second-order valence-corrected chi connectivity index (χ2v) is 7.81. The van der Waals surface area contributed by atoms with E-state index in [-0.39, 0.29) is 18.2 Å². The molecule has 6 heteroatoms. The number of nitrogens with one attached hydrogen (secondary N) is 1. The molecule has 6 nitrogen and oxygen atoms in total. The molecule has 2 amide bonds. The Morgan fingerprint density at radius 1 is 1.00 bits per heavy atom. The number of anilines is 1. The van der Waals surface area contributed by atoms with E-state index in [0.717, 1.165) is 11.1 Å². The largest absolute Gasteiger partial charge is 0.497 e. The van der Waals surface area contributed by atoms with Crippen LogP contribution in [0.4, 0.5) is 5.69 Å². The summed E-state index contributed by atoms with van der Waals surface area (Å²) in [5.41, 5.74) is 1.36. The predicted molar refractivity (Wildman–Crippen MR) is 125 cm³/mol. The number of aromatic nitrogens is 1. The van der Waals surface area contributed by atoms with E-state index in [2.05, 4.69) is 10.3 Å². The lowest BCUT2D eigenvalue weighted by Gasteiger charge is -2.40. The summed E-state index contributed by atoms with van der Waals surface area (Å²) in [7, 11) is 1.59. The van der Waals surface area contributed by atoms with Gasteiger partial charge in [0.05, 0.1) is 13.5 Å². The highest BCUT2D eigenvalue weighted by Gasteiger charge is 2.40. The first-order valence-corrected chi connectivity index (χ1v) is 10.6. The van der Waals surface area contributed by atoms with E-state index in [1.54, 1.807) is 48.7 Å². The molecular weight excluding hydrogens is 402 g/mol. The van der Waals surface area contributed by atoms with Gasteiger partial charge in [-0.3, -0.25) is 14.6 Å². The average Bonchev–Trinajstić information content (AvgIpc) is 2.83. The van der Waals surface area contributed by atoms with Crippen LogP contribution in [0.25, 0.3) is 0 Å². The van der Waals surface area contributed by atoms with Crippen molar-refractivity contribution in [3.05, 3.63) is 90.3 Å². The van der Waals surface area contributed by atoms with Crippen molar-refractivity contribution in [2.24, 2.45) is 0 Å². The molecule has 1 N–H and O–H groups in total. The second-order valence-electron chi connectivity index (χ2n) is 7.81. The number of methoxy groups -OCH3 is 1. The molecule has 0 aliphatic heterocycles. The quantitative estimate of drug-likeness (QED) is 0.543. The maximum atomic E-state index is 13.5. The van der Waals surface area contributed by atoms with Gasteiger partial charge < -0.3 is 15.0 Å². The molecule has 32 heavy (non-hydrogen) atoms. The fourth-order valence-electron chi connectivity index (χ4n) is 3.49. The molecule has 0 bridgehead atoms. The average molecular weight is 432 g/mol. The van der Waals surface area contributed by atoms with Crippen LogP contribution in [-0.4, -0.2) is 34.3 Å². The van der Waals surface area contributed by atoms with Gasteiger partial charge in [0.1, 0.15) is 11.3 Å². The van der Waals surface area contributed by atoms with Gasteiger partial charge in [0.15, 0.2) is 0 Å². The molecule has 166 valence electrons. The Kier molecular flexibility index (Phi) is 7.60. The smallest absolute Gasteiger partial charge is 0.250 e. The Balaban J connectivity index is 1.89. The number of amides is 2. The van der Waals surface area contributed by atoms with E-state index < -0.39 is 5.54 Å². The normalized spacial score (nSPS) is 12.5. The van der Waals surface area contributed by atoms with E-state index in [1.807, 2.05) is 56.3 Å². The lowest BCUT2D eigenvalue weighted by atomic mass is 9.93. The molecule has 0 saturated carbocycles. The van der Waals surface area contributed by atoms with Crippen molar-refractivity contribution in [2.45, 2.75) is 38.8 Å². The summed E-state index contributed by atoms with van der Waals surface area (Å²) in [6.07, 6.45) is 4.08. The van der Waals surface area contributed by atoms with Crippen LogP contribution in [-0.2, 0) is 22.6 Å². The van der Waals surface area contributed by atoms with Gasteiger partial charge in [-0.1, -0.05) is 43.3 Å². The first-order chi connectivity index (χ1) is 15.5. The number of hydrogen-bond acceptors (Lipinski definition) is 4. The summed E-state index contributed by atoms with van der Waals surface area (Å²) in [6.45, 7) is 4.02. The molecule has 1 heterocycles. The summed E-state index contributed by atoms with van der Waals surface area (Å²) in [5, 5.41) is 2.97. The number of benzene rings is 2. The summed E-state index contributed by atoms with van der Waals surface area (Å²) >= 11 is 0. The number of hydrogen-bond donors (Lipinski definition) is 1. The van der Waals surface area contributed by atoms with Crippen molar-refractivity contribution >= 4 is 17.5 Å². The van der Waals surface area contributed by atoms with Gasteiger partial charge in [-0.15, -0.1) is 0 Å². The minimum absolute atomic E-state index is 0.116. The fourth-order valence-corrected chi connectivity index (χ4v) is 3.49. The van der Waals surface area contributed by atoms with Crippen molar-refractivity contribution in [1.29, 1.82) is 0 Å². The van der Waals surface area contributed by atoms with E-state index in [1.165, 1.54) is 0 Å². The minimum Gasteiger partial charge on any atom is -0.497 e. The molecule has 0 fully saturated rings. The molecule has 0 aliphatic carbocycles. The third-order valence-electron chi connectivity index (χ3n) is 5.68. The molecular formula is C26H29N3O3. The highest BCUT2D eigenvalue weighted by molar-refractivity contribution is 6.00. The molecule has 0 aliphatic rings. The van der Waals surface area contributed by atoms with Gasteiger partial charge in [0.2, 0.25) is 11.8 Å². The highest BCUT2D eigenvalue weighted by Crippen LogP contribution is 2.26. The van der Waals surface area contributed by atoms with Crippen LogP contribution in [0.15, 0.2) is 79.1 Å². The van der Waals surface area contributed by atoms with Crippen molar-refractivity contribution in [1.82, 2.24) is 9.88 Å². The van der Waals surface area contributed by atoms with E-state index in [9.17, 15) is 9.59 Å². The summed E-state index contributed by atoms with van der Waals surface area (Å²) in [6, 6.07) is 20.4. The van der Waals surface area contributed by atoms with Gasteiger partial charge in [0, 0.05) is 24.6 Å². The first kappa shape index (κ1) is 23.0. The molecule has 0 radical (unpaired) electrons. The lowest BCUT2D eigenvalue weighted by Crippen LogP contribution is -2.56. The third-order valence-corrected chi connectivity index (χ3v) is 5.68. The van der Waals surface area contributed by atoms with Crippen LogP contribution in [0.5, 0.6) is 5.75 Å². The number of pyridine rings is 1.